The molecule has 4 heteroatoms. The van der Waals surface area contributed by atoms with Crippen LogP contribution < -0.4 is 11.1 Å². The summed E-state index contributed by atoms with van der Waals surface area (Å²) in [6.45, 7) is 0. The standard InChI is InChI=1S/C7H9N.CH3NO2/c1-8-7-5-3-2-4-6-7;2-1(3)4/h2-6,8H,1H3;2H2,(H,3,4). The minimum atomic E-state index is -1.33. The van der Waals surface area contributed by atoms with Gasteiger partial charge in [0.25, 0.3) is 0 Å². The van der Waals surface area contributed by atoms with E-state index < -0.39 is 6.09 Å². The first kappa shape index (κ1) is 10.3. The van der Waals surface area contributed by atoms with E-state index in [0.29, 0.717) is 0 Å². The van der Waals surface area contributed by atoms with Gasteiger partial charge < -0.3 is 16.2 Å². The third kappa shape index (κ3) is 6.41. The number of nitrogens with one attached hydrogen (secondary N) is 1. The van der Waals surface area contributed by atoms with Crippen molar-refractivity contribution in [1.29, 1.82) is 0 Å². The maximum Gasteiger partial charge on any atom is 0.402 e. The molecule has 0 spiro atoms. The first-order chi connectivity index (χ1) is 5.66. The van der Waals surface area contributed by atoms with E-state index in [0.717, 1.165) is 5.69 Å². The van der Waals surface area contributed by atoms with Crippen molar-refractivity contribution in [2.75, 3.05) is 12.4 Å². The molecule has 0 aliphatic heterocycles. The number of amides is 1. The van der Waals surface area contributed by atoms with Gasteiger partial charge in [0, 0.05) is 12.7 Å². The Bertz CT molecular complexity index is 220. The third-order valence-electron chi connectivity index (χ3n) is 1.06. The van der Waals surface area contributed by atoms with Crippen molar-refractivity contribution < 1.29 is 9.90 Å². The Labute approximate surface area is 71.0 Å². The summed E-state index contributed by atoms with van der Waals surface area (Å²) in [6.07, 6.45) is -1.33. The minimum Gasteiger partial charge on any atom is -0.465 e. The van der Waals surface area contributed by atoms with Crippen molar-refractivity contribution in [3.8, 4) is 0 Å². The molecule has 1 rings (SSSR count). The van der Waals surface area contributed by atoms with Gasteiger partial charge in [-0.15, -0.1) is 0 Å². The fraction of sp³-hybridized carbons (Fsp3) is 0.125. The average molecular weight is 168 g/mol. The molecule has 0 aromatic heterocycles. The highest BCUT2D eigenvalue weighted by molar-refractivity contribution is 5.61. The number of para-hydroxylation sites is 1. The fourth-order valence-electron chi connectivity index (χ4n) is 0.605. The van der Waals surface area contributed by atoms with E-state index in [9.17, 15) is 0 Å². The third-order valence-corrected chi connectivity index (χ3v) is 1.06. The van der Waals surface area contributed by atoms with E-state index >= 15 is 0 Å². The van der Waals surface area contributed by atoms with E-state index in [4.69, 9.17) is 9.90 Å². The molecule has 12 heavy (non-hydrogen) atoms. The first-order valence-electron chi connectivity index (χ1n) is 3.38. The summed E-state index contributed by atoms with van der Waals surface area (Å²) >= 11 is 0. The predicted octanol–water partition coefficient (Wildman–Crippen LogP) is 1.35. The second kappa shape index (κ2) is 6.03. The van der Waals surface area contributed by atoms with Crippen molar-refractivity contribution in [3.63, 3.8) is 0 Å². The van der Waals surface area contributed by atoms with Crippen LogP contribution in [0.5, 0.6) is 0 Å². The molecule has 0 bridgehead atoms. The fourth-order valence-corrected chi connectivity index (χ4v) is 0.605. The number of hydrogen-bond donors (Lipinski definition) is 3. The van der Waals surface area contributed by atoms with Crippen molar-refractivity contribution in [2.24, 2.45) is 5.73 Å². The number of hydrogen-bond acceptors (Lipinski definition) is 2. The molecule has 0 aliphatic rings. The SMILES string of the molecule is CNc1ccccc1.NC(=O)O. The van der Waals surface area contributed by atoms with Gasteiger partial charge in [-0.25, -0.2) is 4.79 Å². The molecule has 0 aliphatic carbocycles. The normalized spacial score (nSPS) is 7.75. The highest BCUT2D eigenvalue weighted by atomic mass is 16.4. The summed E-state index contributed by atoms with van der Waals surface area (Å²) in [7, 11) is 1.91. The van der Waals surface area contributed by atoms with Gasteiger partial charge >= 0.3 is 6.09 Å². The lowest BCUT2D eigenvalue weighted by molar-refractivity contribution is 0.205. The zero-order chi connectivity index (χ0) is 9.40. The quantitative estimate of drug-likeness (QED) is 0.592. The second-order valence-electron chi connectivity index (χ2n) is 1.95. The number of carbonyl (C=O) groups is 1. The van der Waals surface area contributed by atoms with Crippen molar-refractivity contribution in [2.45, 2.75) is 0 Å². The molecule has 4 nitrogen and oxygen atoms in total. The van der Waals surface area contributed by atoms with Crippen LogP contribution in [0.4, 0.5) is 10.5 Å². The lowest BCUT2D eigenvalue weighted by atomic mass is 10.3. The highest BCUT2D eigenvalue weighted by Crippen LogP contribution is 2.01. The molecule has 1 aromatic carbocycles. The van der Waals surface area contributed by atoms with Crippen molar-refractivity contribution in [3.05, 3.63) is 30.3 Å². The Kier molecular flexibility index (Phi) is 5.17. The Morgan fingerprint density at radius 3 is 2.08 bits per heavy atom. The van der Waals surface area contributed by atoms with Gasteiger partial charge in [0.15, 0.2) is 0 Å². The number of carboxylic acid groups (broad SMARTS) is 1. The second-order valence-corrected chi connectivity index (χ2v) is 1.95. The molecule has 0 atom stereocenters. The van der Waals surface area contributed by atoms with Crippen molar-refractivity contribution >= 4 is 11.8 Å². The molecule has 66 valence electrons. The van der Waals surface area contributed by atoms with Crippen molar-refractivity contribution in [1.82, 2.24) is 0 Å². The summed E-state index contributed by atoms with van der Waals surface area (Å²) in [5, 5.41) is 10.2. The van der Waals surface area contributed by atoms with Gasteiger partial charge in [0.2, 0.25) is 0 Å². The first-order valence-corrected chi connectivity index (χ1v) is 3.38. The van der Waals surface area contributed by atoms with Gasteiger partial charge in [-0.1, -0.05) is 18.2 Å². The Morgan fingerprint density at radius 2 is 1.83 bits per heavy atom. The summed E-state index contributed by atoms with van der Waals surface area (Å²) in [5.41, 5.74) is 5.19. The maximum atomic E-state index is 8.78. The van der Waals surface area contributed by atoms with Crippen LogP contribution in [0.1, 0.15) is 0 Å². The van der Waals surface area contributed by atoms with Gasteiger partial charge in [0.1, 0.15) is 0 Å². The highest BCUT2D eigenvalue weighted by Gasteiger charge is 1.77. The zero-order valence-corrected chi connectivity index (χ0v) is 6.82. The van der Waals surface area contributed by atoms with Crippen LogP contribution in [-0.2, 0) is 0 Å². The molecule has 1 aromatic rings. The molecule has 0 radical (unpaired) electrons. The molecule has 0 fully saturated rings. The van der Waals surface area contributed by atoms with Crippen LogP contribution >= 0.6 is 0 Å². The molecule has 0 saturated heterocycles. The molecule has 1 amide bonds. The summed E-state index contributed by atoms with van der Waals surface area (Å²) < 4.78 is 0. The molecule has 0 saturated carbocycles. The van der Waals surface area contributed by atoms with E-state index in [-0.39, 0.29) is 0 Å². The van der Waals surface area contributed by atoms with Crippen LogP contribution in [0, 0.1) is 0 Å². The molecular weight excluding hydrogens is 156 g/mol. The Balaban J connectivity index is 0.000000261. The smallest absolute Gasteiger partial charge is 0.402 e. The van der Waals surface area contributed by atoms with E-state index in [1.807, 2.05) is 37.4 Å². The van der Waals surface area contributed by atoms with E-state index in [2.05, 4.69) is 11.1 Å². The predicted molar refractivity (Wildman–Crippen MR) is 48.2 cm³/mol. The summed E-state index contributed by atoms with van der Waals surface area (Å²) in [6, 6.07) is 10.1. The topological polar surface area (TPSA) is 75.3 Å². The lowest BCUT2D eigenvalue weighted by Gasteiger charge is -1.94. The number of primary amides is 1. The zero-order valence-electron chi connectivity index (χ0n) is 6.82. The number of anilines is 1. The van der Waals surface area contributed by atoms with Gasteiger partial charge in [-0.05, 0) is 12.1 Å². The van der Waals surface area contributed by atoms with Crippen LogP contribution in [0.25, 0.3) is 0 Å². The van der Waals surface area contributed by atoms with Gasteiger partial charge in [0.05, 0.1) is 0 Å². The van der Waals surface area contributed by atoms with E-state index in [1.54, 1.807) is 0 Å². The largest absolute Gasteiger partial charge is 0.465 e. The molecule has 4 N–H and O–H groups in total. The Hall–Kier alpha value is -1.71. The van der Waals surface area contributed by atoms with Crippen LogP contribution in [0.3, 0.4) is 0 Å². The van der Waals surface area contributed by atoms with E-state index in [1.165, 1.54) is 0 Å². The minimum absolute atomic E-state index is 1.16. The summed E-state index contributed by atoms with van der Waals surface area (Å²) in [4.78, 5) is 8.78. The van der Waals surface area contributed by atoms with Gasteiger partial charge in [-0.3, -0.25) is 0 Å². The monoisotopic (exact) mass is 168 g/mol. The van der Waals surface area contributed by atoms with Crippen LogP contribution in [0.15, 0.2) is 30.3 Å². The van der Waals surface area contributed by atoms with Crippen LogP contribution in [-0.4, -0.2) is 18.2 Å². The maximum absolute atomic E-state index is 8.78. The molecule has 0 heterocycles. The van der Waals surface area contributed by atoms with Crippen LogP contribution in [0.2, 0.25) is 0 Å². The number of nitrogens with two attached hydrogens (primary N) is 1. The lowest BCUT2D eigenvalue weighted by Crippen LogP contribution is -2.03. The molecule has 0 unspecified atom stereocenters. The Morgan fingerprint density at radius 1 is 1.42 bits per heavy atom. The number of benzene rings is 1. The summed E-state index contributed by atoms with van der Waals surface area (Å²) in [5.74, 6) is 0. The average Bonchev–Trinajstić information content (AvgIpc) is 2.05. The van der Waals surface area contributed by atoms with Gasteiger partial charge in [-0.2, -0.15) is 0 Å². The molecular formula is C8H12N2O2. The number of rotatable bonds is 1.